The Balaban J connectivity index is 1.59. The van der Waals surface area contributed by atoms with E-state index in [0.717, 1.165) is 4.90 Å². The third kappa shape index (κ3) is 3.23. The van der Waals surface area contributed by atoms with Crippen LogP contribution >= 0.6 is 0 Å². The van der Waals surface area contributed by atoms with Gasteiger partial charge >= 0.3 is 0 Å². The summed E-state index contributed by atoms with van der Waals surface area (Å²) in [5.74, 6) is -1.48. The number of nitro groups is 1. The minimum Gasteiger partial charge on any atom is -0.350 e. The number of nitrogens with zero attached hydrogens (tertiary/aromatic N) is 2. The number of imide groups is 1. The van der Waals surface area contributed by atoms with Crippen LogP contribution in [0, 0.1) is 10.1 Å². The molecule has 0 bridgehead atoms. The monoisotopic (exact) mass is 339 g/mol. The molecule has 1 aliphatic heterocycles. The molecule has 2 aromatic carbocycles. The summed E-state index contributed by atoms with van der Waals surface area (Å²) < 4.78 is 0. The van der Waals surface area contributed by atoms with Gasteiger partial charge in [-0.05, 0) is 17.7 Å². The van der Waals surface area contributed by atoms with Crippen LogP contribution in [0.15, 0.2) is 48.5 Å². The maximum absolute atomic E-state index is 12.2. The lowest BCUT2D eigenvalue weighted by molar-refractivity contribution is -0.384. The van der Waals surface area contributed by atoms with Crippen molar-refractivity contribution in [1.29, 1.82) is 0 Å². The number of benzene rings is 2. The Morgan fingerprint density at radius 3 is 2.08 bits per heavy atom. The number of rotatable bonds is 5. The zero-order valence-corrected chi connectivity index (χ0v) is 13.0. The van der Waals surface area contributed by atoms with Crippen molar-refractivity contribution in [2.24, 2.45) is 0 Å². The van der Waals surface area contributed by atoms with E-state index in [1.165, 1.54) is 24.3 Å². The van der Waals surface area contributed by atoms with Gasteiger partial charge in [-0.1, -0.05) is 24.3 Å². The normalized spacial score (nSPS) is 12.9. The molecule has 1 heterocycles. The van der Waals surface area contributed by atoms with Crippen molar-refractivity contribution >= 4 is 23.4 Å². The predicted octanol–water partition coefficient (Wildman–Crippen LogP) is 1.51. The van der Waals surface area contributed by atoms with Crippen LogP contribution in [0.1, 0.15) is 26.3 Å². The third-order valence-corrected chi connectivity index (χ3v) is 3.82. The van der Waals surface area contributed by atoms with Crippen molar-refractivity contribution in [3.63, 3.8) is 0 Å². The van der Waals surface area contributed by atoms with Crippen molar-refractivity contribution in [3.8, 4) is 0 Å². The van der Waals surface area contributed by atoms with Gasteiger partial charge in [0.15, 0.2) is 0 Å². The molecule has 126 valence electrons. The van der Waals surface area contributed by atoms with Gasteiger partial charge in [-0.2, -0.15) is 0 Å². The quantitative estimate of drug-likeness (QED) is 0.504. The van der Waals surface area contributed by atoms with Gasteiger partial charge in [0.25, 0.3) is 17.5 Å². The molecule has 0 saturated heterocycles. The van der Waals surface area contributed by atoms with Gasteiger partial charge in [0, 0.05) is 18.7 Å². The lowest BCUT2D eigenvalue weighted by Gasteiger charge is -2.13. The third-order valence-electron chi connectivity index (χ3n) is 3.82. The average Bonchev–Trinajstić information content (AvgIpc) is 2.86. The van der Waals surface area contributed by atoms with Crippen molar-refractivity contribution in [2.75, 3.05) is 6.54 Å². The first-order valence-electron chi connectivity index (χ1n) is 7.42. The highest BCUT2D eigenvalue weighted by molar-refractivity contribution is 6.22. The summed E-state index contributed by atoms with van der Waals surface area (Å²) in [6, 6.07) is 12.1. The fraction of sp³-hybridized carbons (Fsp3) is 0.118. The van der Waals surface area contributed by atoms with Crippen LogP contribution in [-0.4, -0.2) is 34.1 Å². The second kappa shape index (κ2) is 6.52. The van der Waals surface area contributed by atoms with Gasteiger partial charge in [-0.15, -0.1) is 0 Å². The Hall–Kier alpha value is -3.55. The number of fused-ring (bicyclic) bond motifs is 1. The van der Waals surface area contributed by atoms with Gasteiger partial charge in [0.2, 0.25) is 5.91 Å². The first-order valence-corrected chi connectivity index (χ1v) is 7.42. The summed E-state index contributed by atoms with van der Waals surface area (Å²) >= 11 is 0. The van der Waals surface area contributed by atoms with Crippen molar-refractivity contribution in [3.05, 3.63) is 75.3 Å². The molecule has 0 aliphatic carbocycles. The van der Waals surface area contributed by atoms with Crippen LogP contribution in [0.2, 0.25) is 0 Å². The molecular weight excluding hydrogens is 326 g/mol. The molecule has 0 saturated carbocycles. The first-order chi connectivity index (χ1) is 12.0. The summed E-state index contributed by atoms with van der Waals surface area (Å²) in [6.45, 7) is -0.237. The maximum Gasteiger partial charge on any atom is 0.269 e. The van der Waals surface area contributed by atoms with Crippen molar-refractivity contribution < 1.29 is 19.3 Å². The molecular formula is C17H13N3O5. The summed E-state index contributed by atoms with van der Waals surface area (Å²) in [6.07, 6.45) is 0. The van der Waals surface area contributed by atoms with Crippen LogP contribution in [0.3, 0.4) is 0 Å². The molecule has 0 aromatic heterocycles. The maximum atomic E-state index is 12.2. The standard InChI is InChI=1S/C17H13N3O5/c21-15(18-9-11-5-7-12(8-6-11)20(24)25)10-19-16(22)13-3-1-2-4-14(13)17(19)23/h1-8H,9-10H2,(H,18,21). The van der Waals surface area contributed by atoms with Crippen molar-refractivity contribution in [1.82, 2.24) is 10.2 Å². The fourth-order valence-electron chi connectivity index (χ4n) is 2.52. The second-order valence-electron chi connectivity index (χ2n) is 5.44. The van der Waals surface area contributed by atoms with E-state index < -0.39 is 22.6 Å². The van der Waals surface area contributed by atoms with Gasteiger partial charge < -0.3 is 5.32 Å². The summed E-state index contributed by atoms with van der Waals surface area (Å²) in [5.41, 5.74) is 1.20. The summed E-state index contributed by atoms with van der Waals surface area (Å²) in [4.78, 5) is 47.4. The van der Waals surface area contributed by atoms with Crippen molar-refractivity contribution in [2.45, 2.75) is 6.54 Å². The predicted molar refractivity (Wildman–Crippen MR) is 86.8 cm³/mol. The number of hydrogen-bond acceptors (Lipinski definition) is 5. The molecule has 1 aliphatic rings. The lowest BCUT2D eigenvalue weighted by Crippen LogP contribution is -2.40. The molecule has 8 nitrogen and oxygen atoms in total. The van der Waals surface area contributed by atoms with E-state index >= 15 is 0 Å². The highest BCUT2D eigenvalue weighted by Crippen LogP contribution is 2.21. The molecule has 3 rings (SSSR count). The Kier molecular flexibility index (Phi) is 4.25. The molecule has 0 radical (unpaired) electrons. The average molecular weight is 339 g/mol. The van der Waals surface area contributed by atoms with Gasteiger partial charge in [0.1, 0.15) is 6.54 Å². The summed E-state index contributed by atoms with van der Waals surface area (Å²) in [5, 5.41) is 13.2. The van der Waals surface area contributed by atoms with E-state index in [2.05, 4.69) is 5.32 Å². The lowest BCUT2D eigenvalue weighted by atomic mass is 10.1. The fourth-order valence-corrected chi connectivity index (χ4v) is 2.52. The first kappa shape index (κ1) is 16.3. The zero-order chi connectivity index (χ0) is 18.0. The molecule has 0 unspecified atom stereocenters. The van der Waals surface area contributed by atoms with Crippen LogP contribution in [0.4, 0.5) is 5.69 Å². The highest BCUT2D eigenvalue weighted by Gasteiger charge is 2.36. The summed E-state index contributed by atoms with van der Waals surface area (Å²) in [7, 11) is 0. The van der Waals surface area contributed by atoms with E-state index in [-0.39, 0.29) is 29.9 Å². The molecule has 8 heteroatoms. The van der Waals surface area contributed by atoms with Gasteiger partial charge in [-0.25, -0.2) is 0 Å². The Morgan fingerprint density at radius 1 is 1.00 bits per heavy atom. The van der Waals surface area contributed by atoms with E-state index in [1.807, 2.05) is 0 Å². The zero-order valence-electron chi connectivity index (χ0n) is 13.0. The Bertz CT molecular complexity index is 841. The van der Waals surface area contributed by atoms with Crippen LogP contribution < -0.4 is 5.32 Å². The largest absolute Gasteiger partial charge is 0.350 e. The van der Waals surface area contributed by atoms with Gasteiger partial charge in [-0.3, -0.25) is 29.4 Å². The number of non-ortho nitro benzene ring substituents is 1. The van der Waals surface area contributed by atoms with E-state index in [1.54, 1.807) is 24.3 Å². The van der Waals surface area contributed by atoms with Crippen LogP contribution in [-0.2, 0) is 11.3 Å². The molecule has 2 aromatic rings. The SMILES string of the molecule is O=C(CN1C(=O)c2ccccc2C1=O)NCc1ccc([N+](=O)[O-])cc1. The molecule has 0 fully saturated rings. The minimum atomic E-state index is -0.509. The number of hydrogen-bond donors (Lipinski definition) is 1. The van der Waals surface area contributed by atoms with Crippen LogP contribution in [0.5, 0.6) is 0 Å². The van der Waals surface area contributed by atoms with E-state index in [0.29, 0.717) is 5.56 Å². The van der Waals surface area contributed by atoms with E-state index in [9.17, 15) is 24.5 Å². The number of nitro benzene ring substituents is 1. The topological polar surface area (TPSA) is 110 Å². The smallest absolute Gasteiger partial charge is 0.269 e. The molecule has 3 amide bonds. The van der Waals surface area contributed by atoms with E-state index in [4.69, 9.17) is 0 Å². The molecule has 25 heavy (non-hydrogen) atoms. The second-order valence-corrected chi connectivity index (χ2v) is 5.44. The highest BCUT2D eigenvalue weighted by atomic mass is 16.6. The number of nitrogens with one attached hydrogen (secondary N) is 1. The molecule has 0 atom stereocenters. The number of carbonyl (C=O) groups excluding carboxylic acids is 3. The molecule has 0 spiro atoms. The molecule has 1 N–H and O–H groups in total. The number of carbonyl (C=O) groups is 3. The minimum absolute atomic E-state index is 0.0406. The van der Waals surface area contributed by atoms with Crippen LogP contribution in [0.25, 0.3) is 0 Å². The Labute approximate surface area is 142 Å². The Morgan fingerprint density at radius 2 is 1.56 bits per heavy atom. The van der Waals surface area contributed by atoms with Gasteiger partial charge in [0.05, 0.1) is 16.1 Å². The number of amides is 3.